The fraction of sp³-hybridized carbons (Fsp3) is 0.333. The molecule has 0 aliphatic carbocycles. The van der Waals surface area contributed by atoms with Gasteiger partial charge in [-0.25, -0.2) is 9.59 Å². The third-order valence-electron chi connectivity index (χ3n) is 3.73. The Morgan fingerprint density at radius 2 is 2.03 bits per heavy atom. The predicted octanol–water partition coefficient (Wildman–Crippen LogP) is 2.80. The van der Waals surface area contributed by atoms with Crippen LogP contribution in [0.4, 0.5) is 4.79 Å². The van der Waals surface area contributed by atoms with Gasteiger partial charge in [0, 0.05) is 0 Å². The number of ether oxygens (including phenoxy) is 3. The van der Waals surface area contributed by atoms with Crippen molar-refractivity contribution >= 4 is 52.5 Å². The first-order valence-corrected chi connectivity index (χ1v) is 9.54. The molecular weight excluding hydrogens is 426 g/mol. The number of carbonyl (C=O) groups is 4. The largest absolute Gasteiger partial charge is 0.493 e. The van der Waals surface area contributed by atoms with E-state index in [-0.39, 0.29) is 28.0 Å². The first-order chi connectivity index (χ1) is 13.7. The summed E-state index contributed by atoms with van der Waals surface area (Å²) >= 11 is 6.82. The van der Waals surface area contributed by atoms with Gasteiger partial charge in [0.15, 0.2) is 18.1 Å². The highest BCUT2D eigenvalue weighted by Crippen LogP contribution is 2.39. The van der Waals surface area contributed by atoms with Gasteiger partial charge in [0.05, 0.1) is 23.6 Å². The van der Waals surface area contributed by atoms with Gasteiger partial charge in [-0.15, -0.1) is 0 Å². The fourth-order valence-electron chi connectivity index (χ4n) is 2.43. The van der Waals surface area contributed by atoms with E-state index in [0.717, 1.165) is 4.90 Å². The highest BCUT2D eigenvalue weighted by Gasteiger charge is 2.41. The van der Waals surface area contributed by atoms with E-state index in [1.165, 1.54) is 32.2 Å². The van der Waals surface area contributed by atoms with E-state index in [1.807, 2.05) is 0 Å². The standard InChI is InChI=1S/C18H18ClNO8S/c1-4-27-17(24)9(2)20-16(23)13(29-18(20)25)7-10-5-11(19)15(12(6-10)26-3)28-8-14(21)22/h5-7,9H,4,8H2,1-3H3,(H,21,22)/b13-7+. The summed E-state index contributed by atoms with van der Waals surface area (Å²) in [4.78, 5) is 48.3. The Hall–Kier alpha value is -2.72. The third-order valence-corrected chi connectivity index (χ3v) is 4.89. The van der Waals surface area contributed by atoms with Crippen LogP contribution in [0.5, 0.6) is 11.5 Å². The van der Waals surface area contributed by atoms with Crippen molar-refractivity contribution in [2.45, 2.75) is 19.9 Å². The van der Waals surface area contributed by atoms with Crippen LogP contribution in [-0.4, -0.2) is 59.5 Å². The van der Waals surface area contributed by atoms with Crippen molar-refractivity contribution in [3.63, 3.8) is 0 Å². The number of benzene rings is 1. The zero-order valence-corrected chi connectivity index (χ0v) is 17.3. The minimum Gasteiger partial charge on any atom is -0.493 e. The molecule has 2 amide bonds. The number of amides is 2. The maximum atomic E-state index is 12.6. The summed E-state index contributed by atoms with van der Waals surface area (Å²) in [5.41, 5.74) is 0.420. The molecule has 0 spiro atoms. The van der Waals surface area contributed by atoms with E-state index in [4.69, 9.17) is 30.9 Å². The summed E-state index contributed by atoms with van der Waals surface area (Å²) in [5, 5.41) is 8.21. The first kappa shape index (κ1) is 22.6. The van der Waals surface area contributed by atoms with Crippen LogP contribution < -0.4 is 9.47 Å². The van der Waals surface area contributed by atoms with Gasteiger partial charge in [0.2, 0.25) is 0 Å². The molecule has 1 unspecified atom stereocenters. The molecule has 1 N–H and O–H groups in total. The van der Waals surface area contributed by atoms with E-state index >= 15 is 0 Å². The van der Waals surface area contributed by atoms with Crippen LogP contribution in [0, 0.1) is 0 Å². The molecule has 0 aromatic heterocycles. The van der Waals surface area contributed by atoms with Crippen LogP contribution >= 0.6 is 23.4 Å². The number of aliphatic carboxylic acids is 1. The Morgan fingerprint density at radius 1 is 1.34 bits per heavy atom. The van der Waals surface area contributed by atoms with Gasteiger partial charge in [0.1, 0.15) is 6.04 Å². The molecule has 1 atom stereocenters. The second kappa shape index (κ2) is 9.66. The number of hydrogen-bond acceptors (Lipinski definition) is 8. The van der Waals surface area contributed by atoms with Gasteiger partial charge in [-0.2, -0.15) is 0 Å². The van der Waals surface area contributed by atoms with Crippen LogP contribution in [0.25, 0.3) is 6.08 Å². The van der Waals surface area contributed by atoms with Crippen LogP contribution in [-0.2, 0) is 19.1 Å². The van der Waals surface area contributed by atoms with Crippen LogP contribution in [0.3, 0.4) is 0 Å². The summed E-state index contributed by atoms with van der Waals surface area (Å²) < 4.78 is 15.1. The lowest BCUT2D eigenvalue weighted by atomic mass is 10.1. The molecule has 2 rings (SSSR count). The fourth-order valence-corrected chi connectivity index (χ4v) is 3.61. The SMILES string of the molecule is CCOC(=O)C(C)N1C(=O)S/C(=C/c2cc(Cl)c(OCC(=O)O)c(OC)c2)C1=O. The van der Waals surface area contributed by atoms with Crippen molar-refractivity contribution < 1.29 is 38.5 Å². The maximum absolute atomic E-state index is 12.6. The van der Waals surface area contributed by atoms with Gasteiger partial charge >= 0.3 is 11.9 Å². The molecule has 1 saturated heterocycles. The Labute approximate surface area is 175 Å². The molecule has 1 fully saturated rings. The average Bonchev–Trinajstić information content (AvgIpc) is 2.93. The molecule has 1 aliphatic heterocycles. The molecule has 9 nitrogen and oxygen atoms in total. The first-order valence-electron chi connectivity index (χ1n) is 8.35. The lowest BCUT2D eigenvalue weighted by Crippen LogP contribution is -2.42. The lowest BCUT2D eigenvalue weighted by Gasteiger charge is -2.19. The quantitative estimate of drug-likeness (QED) is 0.477. The summed E-state index contributed by atoms with van der Waals surface area (Å²) in [5.74, 6) is -2.30. The van der Waals surface area contributed by atoms with Gasteiger partial charge in [-0.1, -0.05) is 11.6 Å². The number of esters is 1. The number of thioether (sulfide) groups is 1. The van der Waals surface area contributed by atoms with Crippen molar-refractivity contribution in [3.8, 4) is 11.5 Å². The highest BCUT2D eigenvalue weighted by molar-refractivity contribution is 8.18. The number of rotatable bonds is 8. The topological polar surface area (TPSA) is 119 Å². The minimum absolute atomic E-state index is 0.0396. The number of halogens is 1. The highest BCUT2D eigenvalue weighted by atomic mass is 35.5. The van der Waals surface area contributed by atoms with Crippen molar-refractivity contribution in [3.05, 3.63) is 27.6 Å². The van der Waals surface area contributed by atoms with E-state index in [1.54, 1.807) is 6.92 Å². The summed E-state index contributed by atoms with van der Waals surface area (Å²) in [6, 6.07) is 1.86. The normalized spacial score (nSPS) is 16.1. The number of imide groups is 1. The summed E-state index contributed by atoms with van der Waals surface area (Å²) in [6.07, 6.45) is 1.41. The van der Waals surface area contributed by atoms with Crippen LogP contribution in [0.1, 0.15) is 19.4 Å². The smallest absolute Gasteiger partial charge is 0.341 e. The second-order valence-corrected chi connectivity index (χ2v) is 7.10. The van der Waals surface area contributed by atoms with E-state index < -0.39 is 35.7 Å². The second-order valence-electron chi connectivity index (χ2n) is 5.70. The van der Waals surface area contributed by atoms with Gasteiger partial charge in [0.25, 0.3) is 11.1 Å². The Kier molecular flexibility index (Phi) is 7.52. The Balaban J connectivity index is 2.31. The summed E-state index contributed by atoms with van der Waals surface area (Å²) in [6.45, 7) is 2.55. The number of methoxy groups -OCH3 is 1. The van der Waals surface area contributed by atoms with Crippen molar-refractivity contribution in [2.75, 3.05) is 20.3 Å². The molecule has 1 aliphatic rings. The number of carbonyl (C=O) groups excluding carboxylic acids is 3. The molecule has 0 bridgehead atoms. The molecular formula is C18H18ClNO8S. The van der Waals surface area contributed by atoms with Gasteiger partial charge < -0.3 is 19.3 Å². The number of nitrogens with zero attached hydrogens (tertiary/aromatic N) is 1. The molecule has 29 heavy (non-hydrogen) atoms. The van der Waals surface area contributed by atoms with Crippen LogP contribution in [0.15, 0.2) is 17.0 Å². The molecule has 1 aromatic rings. The van der Waals surface area contributed by atoms with Crippen molar-refractivity contribution in [1.82, 2.24) is 4.90 Å². The zero-order valence-electron chi connectivity index (χ0n) is 15.8. The molecule has 11 heteroatoms. The molecule has 0 radical (unpaired) electrons. The van der Waals surface area contributed by atoms with E-state index in [2.05, 4.69) is 0 Å². The average molecular weight is 444 g/mol. The maximum Gasteiger partial charge on any atom is 0.341 e. The predicted molar refractivity (Wildman–Crippen MR) is 105 cm³/mol. The van der Waals surface area contributed by atoms with Crippen LogP contribution in [0.2, 0.25) is 5.02 Å². The zero-order chi connectivity index (χ0) is 21.7. The monoisotopic (exact) mass is 443 g/mol. The summed E-state index contributed by atoms with van der Waals surface area (Å²) in [7, 11) is 1.35. The van der Waals surface area contributed by atoms with Gasteiger partial charge in [-0.05, 0) is 49.4 Å². The lowest BCUT2D eigenvalue weighted by molar-refractivity contribution is -0.150. The Bertz CT molecular complexity index is 885. The third kappa shape index (κ3) is 5.21. The number of carboxylic acid groups (broad SMARTS) is 1. The number of hydrogen-bond donors (Lipinski definition) is 1. The van der Waals surface area contributed by atoms with Crippen molar-refractivity contribution in [1.29, 1.82) is 0 Å². The molecule has 0 saturated carbocycles. The molecule has 156 valence electrons. The molecule has 1 heterocycles. The van der Waals surface area contributed by atoms with E-state index in [0.29, 0.717) is 17.3 Å². The minimum atomic E-state index is -1.18. The van der Waals surface area contributed by atoms with E-state index in [9.17, 15) is 19.2 Å². The van der Waals surface area contributed by atoms with Crippen molar-refractivity contribution in [2.24, 2.45) is 0 Å². The molecule has 1 aromatic carbocycles. The Morgan fingerprint density at radius 3 is 2.62 bits per heavy atom. The number of carboxylic acids is 1. The van der Waals surface area contributed by atoms with Gasteiger partial charge in [-0.3, -0.25) is 14.5 Å².